The topological polar surface area (TPSA) is 138 Å². The van der Waals surface area contributed by atoms with E-state index in [1.54, 1.807) is 26.0 Å². The van der Waals surface area contributed by atoms with E-state index in [0.717, 1.165) is 0 Å². The predicted molar refractivity (Wildman–Crippen MR) is 128 cm³/mol. The molecule has 0 radical (unpaired) electrons. The molecular weight excluding hydrogens is 508 g/mol. The fourth-order valence-corrected chi connectivity index (χ4v) is 6.92. The number of aliphatic hydroxyl groups is 1. The van der Waals surface area contributed by atoms with Crippen molar-refractivity contribution in [2.75, 3.05) is 0 Å². The van der Waals surface area contributed by atoms with E-state index in [1.807, 2.05) is 0 Å². The largest absolute Gasteiger partial charge is 0.459 e. The van der Waals surface area contributed by atoms with E-state index in [4.69, 9.17) is 35.3 Å². The molecule has 1 saturated carbocycles. The van der Waals surface area contributed by atoms with Crippen LogP contribution in [-0.4, -0.2) is 76.6 Å². The first kappa shape index (κ1) is 27.6. The number of hydrogen-bond acceptors (Lipinski definition) is 10. The van der Waals surface area contributed by atoms with E-state index < -0.39 is 94.6 Å². The van der Waals surface area contributed by atoms with Crippen LogP contribution in [0.25, 0.3) is 0 Å². The maximum Gasteiger partial charge on any atom is 0.312 e. The molecule has 0 bridgehead atoms. The third-order valence-electron chi connectivity index (χ3n) is 8.40. The lowest BCUT2D eigenvalue weighted by molar-refractivity contribution is -0.222. The van der Waals surface area contributed by atoms with E-state index >= 15 is 0 Å². The highest BCUT2D eigenvalue weighted by Crippen LogP contribution is 2.61. The summed E-state index contributed by atoms with van der Waals surface area (Å²) >= 11 is 6.70. The van der Waals surface area contributed by atoms with Crippen LogP contribution in [0.2, 0.25) is 0 Å². The maximum atomic E-state index is 12.8. The van der Waals surface area contributed by atoms with E-state index in [2.05, 4.69) is 6.58 Å². The molecule has 10 nitrogen and oxygen atoms in total. The zero-order valence-corrected chi connectivity index (χ0v) is 22.4. The Kier molecular flexibility index (Phi) is 7.01. The highest BCUT2D eigenvalue weighted by atomic mass is 35.5. The molecule has 0 aromatic carbocycles. The van der Waals surface area contributed by atoms with Crippen molar-refractivity contribution in [2.24, 2.45) is 23.2 Å². The summed E-state index contributed by atoms with van der Waals surface area (Å²) in [5.41, 5.74) is -2.91. The molecule has 0 amide bonds. The number of esters is 4. The molecule has 12 atom stereocenters. The number of ether oxygens (including phenoxy) is 5. The summed E-state index contributed by atoms with van der Waals surface area (Å²) in [5.74, 6) is -5.12. The molecule has 2 saturated heterocycles. The van der Waals surface area contributed by atoms with Gasteiger partial charge in [0.2, 0.25) is 0 Å². The van der Waals surface area contributed by atoms with E-state index in [0.29, 0.717) is 5.57 Å². The Bertz CT molecular complexity index is 1060. The number of alkyl halides is 1. The van der Waals surface area contributed by atoms with Crippen LogP contribution in [0, 0.1) is 23.2 Å². The molecule has 37 heavy (non-hydrogen) atoms. The minimum atomic E-state index is -2.10. The van der Waals surface area contributed by atoms with E-state index in [9.17, 15) is 24.3 Å². The molecule has 0 aromatic rings. The fraction of sp³-hybridized carbons (Fsp3) is 0.692. The highest BCUT2D eigenvalue weighted by molar-refractivity contribution is 6.23. The smallest absolute Gasteiger partial charge is 0.312 e. The van der Waals surface area contributed by atoms with Gasteiger partial charge in [-0.3, -0.25) is 19.2 Å². The Balaban J connectivity index is 2.00. The Morgan fingerprint density at radius 3 is 2.22 bits per heavy atom. The number of hydrogen-bond donors (Lipinski definition) is 1. The number of halogens is 1. The van der Waals surface area contributed by atoms with Crippen molar-refractivity contribution in [1.82, 2.24) is 0 Å². The molecule has 2 aliphatic carbocycles. The average Bonchev–Trinajstić information content (AvgIpc) is 3.57. The number of carbonyl (C=O) groups is 4. The second-order valence-electron chi connectivity index (χ2n) is 10.7. The predicted octanol–water partition coefficient (Wildman–Crippen LogP) is 1.85. The van der Waals surface area contributed by atoms with Crippen LogP contribution < -0.4 is 0 Å². The SMILES string of the molecule is C=C1/C=C\[C@@H](OC(C)=O)[C@]2(C)[C@H]([C@@H](C)[C@@H](OC(C)=O)[C@@H]3O[C@@H]32)[C@@H](OC(C)=O)[C@]2(O)[C@@H](C)C(=O)O[C@H]2[C@H]1Cl. The molecule has 4 aliphatic rings. The van der Waals surface area contributed by atoms with Crippen LogP contribution in [0.1, 0.15) is 41.5 Å². The van der Waals surface area contributed by atoms with Gasteiger partial charge < -0.3 is 28.8 Å². The van der Waals surface area contributed by atoms with Gasteiger partial charge in [0.1, 0.15) is 24.4 Å². The molecule has 0 aromatic heterocycles. The van der Waals surface area contributed by atoms with Crippen molar-refractivity contribution < 1.29 is 48.0 Å². The van der Waals surface area contributed by atoms with Gasteiger partial charge in [-0.05, 0) is 18.6 Å². The zero-order valence-electron chi connectivity index (χ0n) is 21.6. The van der Waals surface area contributed by atoms with Crippen LogP contribution >= 0.6 is 11.6 Å². The van der Waals surface area contributed by atoms with Crippen molar-refractivity contribution in [3.63, 3.8) is 0 Å². The lowest BCUT2D eigenvalue weighted by Gasteiger charge is -2.54. The van der Waals surface area contributed by atoms with Gasteiger partial charge >= 0.3 is 23.9 Å². The fourth-order valence-electron chi connectivity index (χ4n) is 6.60. The van der Waals surface area contributed by atoms with Crippen molar-refractivity contribution >= 4 is 35.5 Å². The Labute approximate surface area is 220 Å². The van der Waals surface area contributed by atoms with Crippen LogP contribution in [0.4, 0.5) is 0 Å². The van der Waals surface area contributed by atoms with Gasteiger partial charge in [0.05, 0.1) is 17.4 Å². The summed E-state index contributed by atoms with van der Waals surface area (Å²) in [5, 5.41) is 11.3. The van der Waals surface area contributed by atoms with Crippen molar-refractivity contribution in [2.45, 2.75) is 89.1 Å². The molecule has 4 rings (SSSR count). The molecular formula is C26H33ClO10. The first-order valence-electron chi connectivity index (χ1n) is 12.3. The molecule has 0 spiro atoms. The third kappa shape index (κ3) is 4.27. The number of epoxide rings is 1. The number of allylic oxidation sites excluding steroid dienone is 1. The summed E-state index contributed by atoms with van der Waals surface area (Å²) < 4.78 is 28.9. The summed E-state index contributed by atoms with van der Waals surface area (Å²) in [6.07, 6.45) is -2.31. The monoisotopic (exact) mass is 540 g/mol. The molecule has 2 aliphatic heterocycles. The normalized spacial score (nSPS) is 47.4. The summed E-state index contributed by atoms with van der Waals surface area (Å²) in [6, 6.07) is 0. The van der Waals surface area contributed by atoms with Gasteiger partial charge in [-0.25, -0.2) is 0 Å². The second-order valence-corrected chi connectivity index (χ2v) is 11.2. The number of fused-ring (bicyclic) bond motifs is 4. The van der Waals surface area contributed by atoms with Crippen LogP contribution in [0.5, 0.6) is 0 Å². The van der Waals surface area contributed by atoms with Crippen molar-refractivity contribution in [3.8, 4) is 0 Å². The molecule has 1 N–H and O–H groups in total. The first-order chi connectivity index (χ1) is 17.1. The van der Waals surface area contributed by atoms with Crippen LogP contribution in [0.15, 0.2) is 24.3 Å². The Hall–Kier alpha value is -2.43. The van der Waals surface area contributed by atoms with Gasteiger partial charge in [0.25, 0.3) is 0 Å². The first-order valence-corrected chi connectivity index (χ1v) is 12.7. The highest BCUT2D eigenvalue weighted by Gasteiger charge is 2.75. The van der Waals surface area contributed by atoms with Gasteiger partial charge in [-0.15, -0.1) is 11.6 Å². The second kappa shape index (κ2) is 9.39. The number of carbonyl (C=O) groups excluding carboxylic acids is 4. The van der Waals surface area contributed by atoms with Crippen LogP contribution in [0.3, 0.4) is 0 Å². The van der Waals surface area contributed by atoms with Crippen molar-refractivity contribution in [3.05, 3.63) is 24.3 Å². The van der Waals surface area contributed by atoms with E-state index in [1.165, 1.54) is 27.7 Å². The van der Waals surface area contributed by atoms with Crippen LogP contribution in [-0.2, 0) is 42.9 Å². The summed E-state index contributed by atoms with van der Waals surface area (Å²) in [4.78, 5) is 49.6. The zero-order chi connectivity index (χ0) is 27.6. The average molecular weight is 541 g/mol. The third-order valence-corrected chi connectivity index (χ3v) is 8.91. The summed E-state index contributed by atoms with van der Waals surface area (Å²) in [7, 11) is 0. The Morgan fingerprint density at radius 2 is 1.65 bits per heavy atom. The van der Waals surface area contributed by atoms with Gasteiger partial charge in [0, 0.05) is 38.0 Å². The molecule has 204 valence electrons. The lowest BCUT2D eigenvalue weighted by Crippen LogP contribution is -2.68. The summed E-state index contributed by atoms with van der Waals surface area (Å²) in [6.45, 7) is 12.8. The molecule has 3 fully saturated rings. The van der Waals surface area contributed by atoms with Gasteiger partial charge in [-0.2, -0.15) is 0 Å². The molecule has 11 heteroatoms. The van der Waals surface area contributed by atoms with E-state index in [-0.39, 0.29) is 0 Å². The van der Waals surface area contributed by atoms with Gasteiger partial charge in [-0.1, -0.05) is 26.5 Å². The maximum absolute atomic E-state index is 12.8. The molecule has 0 unspecified atom stereocenters. The molecule has 2 heterocycles. The Morgan fingerprint density at radius 1 is 1.05 bits per heavy atom. The lowest BCUT2D eigenvalue weighted by atomic mass is 9.54. The quantitative estimate of drug-likeness (QED) is 0.244. The number of rotatable bonds is 3. The van der Waals surface area contributed by atoms with Gasteiger partial charge in [0.15, 0.2) is 11.7 Å². The minimum Gasteiger partial charge on any atom is -0.459 e. The standard InChI is InChI=1S/C26H33ClO10/c1-10-8-9-16(33-13(4)28)25(7)17(11(2)19(34-14(5)29)20-23(25)36-20)21(35-15(6)30)26(32)12(3)24(31)37-22(26)18(10)27/h8-9,11-12,16-23,32H,1H2,2-7H3/b9-8-/t11-,12+,16-,17-,18+,19-,20+,21-,22+,23+,25-,26-/m1/s1. The minimum absolute atomic E-state index is 0.294. The van der Waals surface area contributed by atoms with Crippen molar-refractivity contribution in [1.29, 1.82) is 0 Å².